The Morgan fingerprint density at radius 2 is 1.60 bits per heavy atom. The molecule has 0 heterocycles. The van der Waals surface area contributed by atoms with Crippen molar-refractivity contribution >= 4 is 17.6 Å². The molecular formula is C17H25ClO2. The summed E-state index contributed by atoms with van der Waals surface area (Å²) in [7, 11) is 0. The molecule has 0 aliphatic carbocycles. The lowest BCUT2D eigenvalue weighted by Gasteiger charge is -2.12. The molecule has 1 aromatic carbocycles. The molecule has 2 nitrogen and oxygen atoms in total. The van der Waals surface area contributed by atoms with Gasteiger partial charge < -0.3 is 5.11 Å². The van der Waals surface area contributed by atoms with Crippen molar-refractivity contribution in [2.24, 2.45) is 0 Å². The van der Waals surface area contributed by atoms with Crippen LogP contribution in [0, 0.1) is 0 Å². The Morgan fingerprint density at radius 1 is 1.05 bits per heavy atom. The number of carbonyl (C=O) groups is 1. The summed E-state index contributed by atoms with van der Waals surface area (Å²) in [5.74, 6) is -1.14. The smallest absolute Gasteiger partial charge is 0.310 e. The molecule has 1 rings (SSSR count). The molecule has 1 atom stereocenters. The molecule has 0 amide bonds. The van der Waals surface area contributed by atoms with E-state index in [0.717, 1.165) is 18.4 Å². The quantitative estimate of drug-likeness (QED) is 0.567. The summed E-state index contributed by atoms with van der Waals surface area (Å²) in [5.41, 5.74) is 0.855. The van der Waals surface area contributed by atoms with Crippen LogP contribution in [0.3, 0.4) is 0 Å². The van der Waals surface area contributed by atoms with E-state index >= 15 is 0 Å². The highest BCUT2D eigenvalue weighted by Gasteiger charge is 2.18. The van der Waals surface area contributed by atoms with Crippen molar-refractivity contribution < 1.29 is 9.90 Å². The predicted molar refractivity (Wildman–Crippen MR) is 84.4 cm³/mol. The standard InChI is InChI=1S/C17H25ClO2/c1-2-3-4-5-6-7-8-9-16(17(19)20)14-10-12-15(18)13-11-14/h10-13,16H,2-9H2,1H3,(H,19,20). The molecule has 1 N–H and O–H groups in total. The highest BCUT2D eigenvalue weighted by Crippen LogP contribution is 2.24. The lowest BCUT2D eigenvalue weighted by molar-refractivity contribution is -0.139. The second-order valence-corrected chi connectivity index (χ2v) is 5.79. The third-order valence-corrected chi connectivity index (χ3v) is 3.92. The van der Waals surface area contributed by atoms with Gasteiger partial charge in [0.1, 0.15) is 0 Å². The minimum absolute atomic E-state index is 0.400. The fourth-order valence-electron chi connectivity index (χ4n) is 2.43. The van der Waals surface area contributed by atoms with E-state index in [9.17, 15) is 9.90 Å². The van der Waals surface area contributed by atoms with Crippen LogP contribution in [-0.2, 0) is 4.79 Å². The summed E-state index contributed by atoms with van der Waals surface area (Å²) in [5, 5.41) is 9.98. The number of hydrogen-bond acceptors (Lipinski definition) is 1. The van der Waals surface area contributed by atoms with Gasteiger partial charge in [0, 0.05) is 5.02 Å². The molecule has 20 heavy (non-hydrogen) atoms. The van der Waals surface area contributed by atoms with Crippen LogP contribution >= 0.6 is 11.6 Å². The highest BCUT2D eigenvalue weighted by atomic mass is 35.5. The third-order valence-electron chi connectivity index (χ3n) is 3.67. The number of benzene rings is 1. The van der Waals surface area contributed by atoms with Crippen LogP contribution in [0.2, 0.25) is 5.02 Å². The van der Waals surface area contributed by atoms with Crippen LogP contribution in [0.5, 0.6) is 0 Å². The molecule has 0 aliphatic heterocycles. The molecule has 0 saturated carbocycles. The molecule has 1 aromatic rings. The molecule has 0 bridgehead atoms. The first-order chi connectivity index (χ1) is 9.65. The monoisotopic (exact) mass is 296 g/mol. The Morgan fingerprint density at radius 3 is 2.15 bits per heavy atom. The highest BCUT2D eigenvalue weighted by molar-refractivity contribution is 6.30. The molecule has 0 aromatic heterocycles. The van der Waals surface area contributed by atoms with Crippen molar-refractivity contribution in [1.82, 2.24) is 0 Å². The number of aliphatic carboxylic acids is 1. The second-order valence-electron chi connectivity index (χ2n) is 5.35. The largest absolute Gasteiger partial charge is 0.481 e. The molecule has 0 spiro atoms. The van der Waals surface area contributed by atoms with Crippen molar-refractivity contribution in [3.8, 4) is 0 Å². The van der Waals surface area contributed by atoms with E-state index in [1.165, 1.54) is 32.1 Å². The van der Waals surface area contributed by atoms with Gasteiger partial charge >= 0.3 is 5.97 Å². The first kappa shape index (κ1) is 17.0. The average Bonchev–Trinajstić information content (AvgIpc) is 2.43. The van der Waals surface area contributed by atoms with Gasteiger partial charge in [0.15, 0.2) is 0 Å². The molecule has 112 valence electrons. The number of hydrogen-bond donors (Lipinski definition) is 1. The maximum absolute atomic E-state index is 11.4. The van der Waals surface area contributed by atoms with Gasteiger partial charge in [-0.2, -0.15) is 0 Å². The van der Waals surface area contributed by atoms with E-state index in [4.69, 9.17) is 11.6 Å². The first-order valence-electron chi connectivity index (χ1n) is 7.63. The van der Waals surface area contributed by atoms with E-state index in [2.05, 4.69) is 6.92 Å². The summed E-state index contributed by atoms with van der Waals surface area (Å²) in [6.45, 7) is 2.21. The van der Waals surface area contributed by atoms with Gasteiger partial charge in [-0.1, -0.05) is 75.6 Å². The van der Waals surface area contributed by atoms with E-state index in [0.29, 0.717) is 11.4 Å². The van der Waals surface area contributed by atoms with Gasteiger partial charge in [-0.25, -0.2) is 0 Å². The topological polar surface area (TPSA) is 37.3 Å². The van der Waals surface area contributed by atoms with Crippen LogP contribution in [0.25, 0.3) is 0 Å². The fraction of sp³-hybridized carbons (Fsp3) is 0.588. The molecule has 0 radical (unpaired) electrons. The Hall–Kier alpha value is -1.02. The van der Waals surface area contributed by atoms with Gasteiger partial charge in [0.2, 0.25) is 0 Å². The normalized spacial score (nSPS) is 12.3. The van der Waals surface area contributed by atoms with Gasteiger partial charge in [-0.15, -0.1) is 0 Å². The molecule has 3 heteroatoms. The van der Waals surface area contributed by atoms with Crippen LogP contribution in [-0.4, -0.2) is 11.1 Å². The number of rotatable bonds is 10. The van der Waals surface area contributed by atoms with Crippen molar-refractivity contribution in [1.29, 1.82) is 0 Å². The Labute approximate surface area is 127 Å². The summed E-state index contributed by atoms with van der Waals surface area (Å²) in [6, 6.07) is 7.17. The number of halogens is 1. The Kier molecular flexibility index (Phi) is 8.36. The molecule has 0 aliphatic rings. The van der Waals surface area contributed by atoms with Crippen molar-refractivity contribution in [2.45, 2.75) is 64.2 Å². The van der Waals surface area contributed by atoms with Gasteiger partial charge in [-0.3, -0.25) is 4.79 Å². The Bertz CT molecular complexity index is 386. The summed E-state index contributed by atoms with van der Waals surface area (Å²) in [6.07, 6.45) is 9.17. The molecule has 1 unspecified atom stereocenters. The first-order valence-corrected chi connectivity index (χ1v) is 8.01. The SMILES string of the molecule is CCCCCCCCCC(C(=O)O)c1ccc(Cl)cc1. The second kappa shape index (κ2) is 9.82. The number of carboxylic acid groups (broad SMARTS) is 1. The van der Waals surface area contributed by atoms with Crippen molar-refractivity contribution in [3.05, 3.63) is 34.9 Å². The zero-order valence-corrected chi connectivity index (χ0v) is 13.0. The summed E-state index contributed by atoms with van der Waals surface area (Å²) in [4.78, 5) is 11.4. The summed E-state index contributed by atoms with van der Waals surface area (Å²) >= 11 is 5.84. The number of carboxylic acids is 1. The lowest BCUT2D eigenvalue weighted by Crippen LogP contribution is -2.11. The molecular weight excluding hydrogens is 272 g/mol. The van der Waals surface area contributed by atoms with Crippen LogP contribution < -0.4 is 0 Å². The van der Waals surface area contributed by atoms with Crippen molar-refractivity contribution in [2.75, 3.05) is 0 Å². The zero-order valence-electron chi connectivity index (χ0n) is 12.3. The van der Waals surface area contributed by atoms with Crippen LogP contribution in [0.15, 0.2) is 24.3 Å². The lowest BCUT2D eigenvalue weighted by atomic mass is 9.93. The van der Waals surface area contributed by atoms with Crippen molar-refractivity contribution in [3.63, 3.8) is 0 Å². The number of unbranched alkanes of at least 4 members (excludes halogenated alkanes) is 6. The van der Waals surface area contributed by atoms with Gasteiger partial charge in [0.25, 0.3) is 0 Å². The maximum atomic E-state index is 11.4. The molecule has 0 fully saturated rings. The maximum Gasteiger partial charge on any atom is 0.310 e. The van der Waals surface area contributed by atoms with E-state index in [-0.39, 0.29) is 0 Å². The Balaban J connectivity index is 2.33. The molecule has 0 saturated heterocycles. The third kappa shape index (κ3) is 6.42. The summed E-state index contributed by atoms with van der Waals surface area (Å²) < 4.78 is 0. The van der Waals surface area contributed by atoms with Crippen LogP contribution in [0.1, 0.15) is 69.8 Å². The van der Waals surface area contributed by atoms with Gasteiger partial charge in [0.05, 0.1) is 5.92 Å². The minimum Gasteiger partial charge on any atom is -0.481 e. The van der Waals surface area contributed by atoms with E-state index in [1.54, 1.807) is 12.1 Å². The van der Waals surface area contributed by atoms with Gasteiger partial charge in [-0.05, 0) is 24.1 Å². The van der Waals surface area contributed by atoms with E-state index in [1.807, 2.05) is 12.1 Å². The average molecular weight is 297 g/mol. The van der Waals surface area contributed by atoms with Crippen LogP contribution in [0.4, 0.5) is 0 Å². The minimum atomic E-state index is -0.738. The van der Waals surface area contributed by atoms with E-state index < -0.39 is 11.9 Å². The fourth-order valence-corrected chi connectivity index (χ4v) is 2.56. The predicted octanol–water partition coefficient (Wildman–Crippen LogP) is 5.65. The zero-order chi connectivity index (χ0) is 14.8.